The van der Waals surface area contributed by atoms with Crippen LogP contribution >= 0.6 is 0 Å². The van der Waals surface area contributed by atoms with E-state index < -0.39 is 35.8 Å². The van der Waals surface area contributed by atoms with Crippen LogP contribution in [-0.2, 0) is 19.8 Å². The molecule has 0 spiro atoms. The molecule has 3 nitrogen and oxygen atoms in total. The summed E-state index contributed by atoms with van der Waals surface area (Å²) in [5.41, 5.74) is 0.875. The van der Waals surface area contributed by atoms with Crippen LogP contribution in [0.2, 0.25) is 0 Å². The van der Waals surface area contributed by atoms with Gasteiger partial charge in [0, 0.05) is 33.1 Å². The Morgan fingerprint density at radius 3 is 2.50 bits per heavy atom. The van der Waals surface area contributed by atoms with E-state index in [0.29, 0.717) is 17.1 Å². The molecule has 9 heteroatoms. The summed E-state index contributed by atoms with van der Waals surface area (Å²) in [6.07, 6.45) is -3.50. The van der Waals surface area contributed by atoms with E-state index in [1.807, 2.05) is 13.8 Å². The second-order valence-electron chi connectivity index (χ2n) is 7.75. The minimum absolute atomic E-state index is 0.00925. The number of hydrogen-bond donors (Lipinski definition) is 0. The first kappa shape index (κ1) is 24.1. The summed E-state index contributed by atoms with van der Waals surface area (Å²) >= 11 is 0. The summed E-state index contributed by atoms with van der Waals surface area (Å²) in [6, 6.07) is 7.28. The lowest BCUT2D eigenvalue weighted by Crippen LogP contribution is -2.45. The number of imidazole rings is 1. The van der Waals surface area contributed by atoms with Gasteiger partial charge in [-0.15, -0.1) is 0 Å². The number of nitrogens with zero attached hydrogens (tertiary/aromatic N) is 3. The summed E-state index contributed by atoms with van der Waals surface area (Å²) in [4.78, 5) is 5.83. The molecular formula is C23H25F6N3. The molecule has 1 aromatic heterocycles. The van der Waals surface area contributed by atoms with Gasteiger partial charge in [-0.2, -0.15) is 13.2 Å². The first-order valence-electron chi connectivity index (χ1n) is 10.4. The maximum atomic E-state index is 14.7. The largest absolute Gasteiger partial charge is 0.416 e. The number of piperidine rings is 1. The molecular weight excluding hydrogens is 432 g/mol. The van der Waals surface area contributed by atoms with Crippen molar-refractivity contribution >= 4 is 11.0 Å². The quantitative estimate of drug-likeness (QED) is 0.426. The number of benzene rings is 2. The van der Waals surface area contributed by atoms with Crippen LogP contribution in [0.25, 0.3) is 11.0 Å². The molecule has 0 saturated carbocycles. The summed E-state index contributed by atoms with van der Waals surface area (Å²) in [6.45, 7) is 3.92. The zero-order valence-electron chi connectivity index (χ0n) is 18.1. The first-order valence-corrected chi connectivity index (χ1v) is 10.4. The topological polar surface area (TPSA) is 21.1 Å². The lowest BCUT2D eigenvalue weighted by molar-refractivity contribution is -0.137. The third-order valence-electron chi connectivity index (χ3n) is 5.55. The van der Waals surface area contributed by atoms with Crippen molar-refractivity contribution in [3.05, 3.63) is 65.2 Å². The molecule has 4 rings (SSSR count). The lowest BCUT2D eigenvalue weighted by Gasteiger charge is -2.38. The molecule has 2 aromatic carbocycles. The predicted molar refractivity (Wildman–Crippen MR) is 111 cm³/mol. The molecule has 3 aromatic rings. The maximum Gasteiger partial charge on any atom is 0.416 e. The summed E-state index contributed by atoms with van der Waals surface area (Å²) in [7, 11) is 1.77. The third kappa shape index (κ3) is 5.09. The lowest BCUT2D eigenvalue weighted by atomic mass is 9.86. The minimum atomic E-state index is -4.67. The number of halogens is 6. The number of aromatic nitrogens is 2. The molecule has 1 atom stereocenters. The fraction of sp³-hybridized carbons (Fsp3) is 0.435. The van der Waals surface area contributed by atoms with Crippen LogP contribution in [0.5, 0.6) is 0 Å². The average Bonchev–Trinajstić information content (AvgIpc) is 3.10. The van der Waals surface area contributed by atoms with Crippen molar-refractivity contribution in [1.82, 2.24) is 14.5 Å². The number of fused-ring (bicyclic) bond motifs is 1. The van der Waals surface area contributed by atoms with Gasteiger partial charge in [0.25, 0.3) is 5.92 Å². The van der Waals surface area contributed by atoms with Gasteiger partial charge in [0.15, 0.2) is 0 Å². The van der Waals surface area contributed by atoms with Gasteiger partial charge in [0.05, 0.1) is 28.8 Å². The highest BCUT2D eigenvalue weighted by atomic mass is 19.4. The van der Waals surface area contributed by atoms with E-state index in [-0.39, 0.29) is 25.2 Å². The van der Waals surface area contributed by atoms with Crippen molar-refractivity contribution in [2.24, 2.45) is 7.05 Å². The zero-order chi connectivity index (χ0) is 23.7. The van der Waals surface area contributed by atoms with Gasteiger partial charge >= 0.3 is 6.18 Å². The summed E-state index contributed by atoms with van der Waals surface area (Å²) in [5.74, 6) is -5.08. The van der Waals surface area contributed by atoms with Crippen molar-refractivity contribution in [2.45, 2.75) is 44.8 Å². The van der Waals surface area contributed by atoms with Crippen LogP contribution in [0.4, 0.5) is 26.3 Å². The zero-order valence-corrected chi connectivity index (χ0v) is 18.1. The highest BCUT2D eigenvalue weighted by Gasteiger charge is 2.45. The summed E-state index contributed by atoms with van der Waals surface area (Å²) < 4.78 is 83.7. The number of likely N-dealkylation sites (tertiary alicyclic amines) is 1. The van der Waals surface area contributed by atoms with Gasteiger partial charge in [-0.1, -0.05) is 19.9 Å². The number of alkyl halides is 5. The van der Waals surface area contributed by atoms with E-state index in [2.05, 4.69) is 4.98 Å². The van der Waals surface area contributed by atoms with E-state index in [1.165, 1.54) is 0 Å². The van der Waals surface area contributed by atoms with E-state index >= 15 is 0 Å². The fourth-order valence-electron chi connectivity index (χ4n) is 3.98. The van der Waals surface area contributed by atoms with Gasteiger partial charge in [0.2, 0.25) is 0 Å². The minimum Gasteiger partial charge on any atom is -0.334 e. The number of hydrogen-bond acceptors (Lipinski definition) is 2. The second kappa shape index (κ2) is 9.13. The molecule has 0 amide bonds. The van der Waals surface area contributed by atoms with Gasteiger partial charge in [-0.25, -0.2) is 18.2 Å². The van der Waals surface area contributed by atoms with Crippen molar-refractivity contribution in [3.8, 4) is 0 Å². The Hall–Kier alpha value is -2.55. The Morgan fingerprint density at radius 1 is 1.09 bits per heavy atom. The fourth-order valence-corrected chi connectivity index (χ4v) is 3.98. The highest BCUT2D eigenvalue weighted by Crippen LogP contribution is 2.41. The SMILES string of the molecule is CC.Cn1cnc2ccc(C3CN(Cc4cc(F)cc(C(F)(F)F)c4)CCC3(F)F)cc21. The number of rotatable bonds is 3. The molecule has 32 heavy (non-hydrogen) atoms. The van der Waals surface area contributed by atoms with Crippen molar-refractivity contribution in [1.29, 1.82) is 0 Å². The molecule has 0 bridgehead atoms. The van der Waals surface area contributed by atoms with Crippen molar-refractivity contribution in [2.75, 3.05) is 13.1 Å². The maximum absolute atomic E-state index is 14.7. The highest BCUT2D eigenvalue weighted by molar-refractivity contribution is 5.76. The molecule has 2 heterocycles. The molecule has 1 saturated heterocycles. The van der Waals surface area contributed by atoms with Crippen LogP contribution in [0.3, 0.4) is 0 Å². The molecule has 1 aliphatic rings. The second-order valence-corrected chi connectivity index (χ2v) is 7.75. The van der Waals surface area contributed by atoms with Gasteiger partial charge in [-0.05, 0) is 41.5 Å². The molecule has 174 valence electrons. The van der Waals surface area contributed by atoms with E-state index in [9.17, 15) is 26.3 Å². The monoisotopic (exact) mass is 457 g/mol. The standard InChI is InChI=1S/C21H19F6N3.C2H6/c1-29-12-28-18-3-2-14(8-19(18)29)17-11-30(5-4-20(17,23)24)10-13-6-15(21(25,26)27)9-16(22)7-13;1-2/h2-3,6-9,12,17H,4-5,10-11H2,1H3;1-2H3. The van der Waals surface area contributed by atoms with E-state index in [1.54, 1.807) is 41.0 Å². The Kier molecular flexibility index (Phi) is 6.88. The molecule has 0 aliphatic carbocycles. The Labute approximate surface area is 182 Å². The Bertz CT molecular complexity index is 1070. The smallest absolute Gasteiger partial charge is 0.334 e. The van der Waals surface area contributed by atoms with E-state index in [4.69, 9.17) is 0 Å². The van der Waals surface area contributed by atoms with Crippen molar-refractivity contribution in [3.63, 3.8) is 0 Å². The molecule has 1 aliphatic heterocycles. The predicted octanol–water partition coefficient (Wildman–Crippen LogP) is 6.38. The van der Waals surface area contributed by atoms with Crippen LogP contribution in [-0.4, -0.2) is 33.5 Å². The summed E-state index contributed by atoms with van der Waals surface area (Å²) in [5, 5.41) is 0. The third-order valence-corrected chi connectivity index (χ3v) is 5.55. The molecule has 1 unspecified atom stereocenters. The van der Waals surface area contributed by atoms with Crippen LogP contribution in [0.1, 0.15) is 42.9 Å². The van der Waals surface area contributed by atoms with Crippen molar-refractivity contribution < 1.29 is 26.3 Å². The van der Waals surface area contributed by atoms with Crippen LogP contribution in [0, 0.1) is 5.82 Å². The van der Waals surface area contributed by atoms with Gasteiger partial charge in [-0.3, -0.25) is 4.90 Å². The normalized spacial score (nSPS) is 19.0. The Morgan fingerprint density at radius 2 is 1.81 bits per heavy atom. The van der Waals surface area contributed by atoms with Crippen LogP contribution in [0.15, 0.2) is 42.7 Å². The first-order chi connectivity index (χ1) is 15.0. The Balaban J connectivity index is 0.00000141. The average molecular weight is 457 g/mol. The molecule has 0 N–H and O–H groups in total. The van der Waals surface area contributed by atoms with Gasteiger partial charge < -0.3 is 4.57 Å². The molecule has 1 fully saturated rings. The van der Waals surface area contributed by atoms with Crippen LogP contribution < -0.4 is 0 Å². The molecule has 0 radical (unpaired) electrons. The van der Waals surface area contributed by atoms with Gasteiger partial charge in [0.1, 0.15) is 5.82 Å². The number of aryl methyl sites for hydroxylation is 1. The van der Waals surface area contributed by atoms with E-state index in [0.717, 1.165) is 17.6 Å².